The highest BCUT2D eigenvalue weighted by Gasteiger charge is 2.33. The average molecular weight is 440 g/mol. The van der Waals surface area contributed by atoms with Gasteiger partial charge in [-0.3, -0.25) is 14.6 Å². The second-order valence-corrected chi connectivity index (χ2v) is 8.06. The van der Waals surface area contributed by atoms with Gasteiger partial charge in [-0.15, -0.1) is 0 Å². The van der Waals surface area contributed by atoms with Crippen molar-refractivity contribution in [3.05, 3.63) is 53.9 Å². The van der Waals surface area contributed by atoms with Crippen LogP contribution in [-0.4, -0.2) is 42.1 Å². The van der Waals surface area contributed by atoms with E-state index in [1.165, 1.54) is 0 Å². The Labute approximate surface area is 189 Å². The van der Waals surface area contributed by atoms with E-state index in [1.54, 1.807) is 6.20 Å². The minimum Gasteiger partial charge on any atom is -0.494 e. The first-order chi connectivity index (χ1) is 15.6. The zero-order chi connectivity index (χ0) is 22.8. The molecule has 1 aliphatic rings. The molecule has 0 spiro atoms. The number of carbonyl (C=O) groups excluding carboxylic acids is 2. The van der Waals surface area contributed by atoms with Gasteiger partial charge in [0.1, 0.15) is 23.6 Å². The predicted molar refractivity (Wildman–Crippen MR) is 123 cm³/mol. The molecule has 1 saturated heterocycles. The van der Waals surface area contributed by atoms with Crippen molar-refractivity contribution in [3.8, 4) is 11.5 Å². The third-order valence-corrected chi connectivity index (χ3v) is 5.37. The van der Waals surface area contributed by atoms with Crippen molar-refractivity contribution in [2.45, 2.75) is 64.5 Å². The normalized spacial score (nSPS) is 18.1. The summed E-state index contributed by atoms with van der Waals surface area (Å²) in [6.07, 6.45) is 6.60. The molecule has 1 fully saturated rings. The molecule has 2 heterocycles. The van der Waals surface area contributed by atoms with Crippen molar-refractivity contribution < 1.29 is 19.1 Å². The first kappa shape index (κ1) is 23.6. The fraction of sp³-hybridized carbons (Fsp3) is 0.480. The van der Waals surface area contributed by atoms with Gasteiger partial charge in [-0.2, -0.15) is 0 Å². The second kappa shape index (κ2) is 12.1. The number of nitrogens with one attached hydrogen (secondary N) is 2. The molecule has 0 saturated carbocycles. The van der Waals surface area contributed by atoms with E-state index in [4.69, 9.17) is 9.47 Å². The van der Waals surface area contributed by atoms with E-state index in [0.717, 1.165) is 42.7 Å². The lowest BCUT2D eigenvalue weighted by molar-refractivity contribution is -0.136. The van der Waals surface area contributed by atoms with Crippen LogP contribution in [-0.2, 0) is 22.4 Å². The summed E-state index contributed by atoms with van der Waals surface area (Å²) in [5, 5.41) is 5.69. The molecular weight excluding hydrogens is 406 g/mol. The summed E-state index contributed by atoms with van der Waals surface area (Å²) < 4.78 is 11.3. The highest BCUT2D eigenvalue weighted by atomic mass is 16.5. The number of rotatable bonds is 12. The Kier molecular flexibility index (Phi) is 8.90. The molecule has 2 atom stereocenters. The summed E-state index contributed by atoms with van der Waals surface area (Å²) in [4.78, 5) is 29.5. The monoisotopic (exact) mass is 439 g/mol. The molecule has 0 aliphatic carbocycles. The molecule has 0 radical (unpaired) electrons. The van der Waals surface area contributed by atoms with Gasteiger partial charge in [0.25, 0.3) is 0 Å². The van der Waals surface area contributed by atoms with Gasteiger partial charge < -0.3 is 20.1 Å². The Morgan fingerprint density at radius 1 is 0.781 bits per heavy atom. The van der Waals surface area contributed by atoms with Crippen LogP contribution in [0.4, 0.5) is 0 Å². The van der Waals surface area contributed by atoms with E-state index >= 15 is 0 Å². The predicted octanol–water partition coefficient (Wildman–Crippen LogP) is 3.21. The largest absolute Gasteiger partial charge is 0.494 e. The number of hydrogen-bond acceptors (Lipinski definition) is 5. The Hall–Kier alpha value is -3.09. The van der Waals surface area contributed by atoms with Crippen molar-refractivity contribution in [1.29, 1.82) is 0 Å². The maximum absolute atomic E-state index is 12.6. The van der Waals surface area contributed by atoms with Gasteiger partial charge in [0, 0.05) is 18.5 Å². The molecule has 1 aromatic heterocycles. The highest BCUT2D eigenvalue weighted by molar-refractivity contribution is 5.97. The number of piperazine rings is 1. The van der Waals surface area contributed by atoms with Gasteiger partial charge >= 0.3 is 0 Å². The maximum Gasteiger partial charge on any atom is 0.243 e. The molecule has 2 amide bonds. The average Bonchev–Trinajstić information content (AvgIpc) is 2.80. The van der Waals surface area contributed by atoms with Crippen LogP contribution in [0.25, 0.3) is 0 Å². The van der Waals surface area contributed by atoms with Crippen LogP contribution in [0, 0.1) is 0 Å². The third kappa shape index (κ3) is 6.97. The van der Waals surface area contributed by atoms with Crippen molar-refractivity contribution in [3.63, 3.8) is 0 Å². The lowest BCUT2D eigenvalue weighted by atomic mass is 10.00. The molecular formula is C25H33N3O4. The van der Waals surface area contributed by atoms with E-state index in [2.05, 4.69) is 29.5 Å². The minimum atomic E-state index is -0.632. The number of amides is 2. The van der Waals surface area contributed by atoms with Crippen LogP contribution in [0.5, 0.6) is 11.5 Å². The molecule has 1 aromatic carbocycles. The Bertz CT molecular complexity index is 794. The number of benzene rings is 1. The fourth-order valence-electron chi connectivity index (χ4n) is 3.42. The van der Waals surface area contributed by atoms with Gasteiger partial charge in [0.15, 0.2) is 0 Å². The topological polar surface area (TPSA) is 89.6 Å². The van der Waals surface area contributed by atoms with Crippen molar-refractivity contribution >= 4 is 11.8 Å². The summed E-state index contributed by atoms with van der Waals surface area (Å²) >= 11 is 0. The summed E-state index contributed by atoms with van der Waals surface area (Å²) in [6, 6.07) is 10.1. The zero-order valence-electron chi connectivity index (χ0n) is 18.9. The summed E-state index contributed by atoms with van der Waals surface area (Å²) in [6.45, 7) is 5.59. The lowest BCUT2D eigenvalue weighted by Gasteiger charge is -2.29. The zero-order valence-corrected chi connectivity index (χ0v) is 18.9. The SMILES string of the molecule is CCCCOc1ccc(CC2NC(=O)C(Cc3ccc(OCCCC)cn3)NC2=O)cc1. The third-order valence-electron chi connectivity index (χ3n) is 5.37. The van der Waals surface area contributed by atoms with Crippen molar-refractivity contribution in [1.82, 2.24) is 15.6 Å². The van der Waals surface area contributed by atoms with Gasteiger partial charge in [-0.05, 0) is 42.7 Å². The molecule has 2 unspecified atom stereocenters. The van der Waals surface area contributed by atoms with Gasteiger partial charge in [0.05, 0.1) is 19.4 Å². The fourth-order valence-corrected chi connectivity index (χ4v) is 3.42. The van der Waals surface area contributed by atoms with Crippen LogP contribution in [0.3, 0.4) is 0 Å². The number of ether oxygens (including phenoxy) is 2. The quantitative estimate of drug-likeness (QED) is 0.496. The molecule has 2 N–H and O–H groups in total. The Morgan fingerprint density at radius 2 is 1.34 bits per heavy atom. The van der Waals surface area contributed by atoms with Gasteiger partial charge in [0.2, 0.25) is 11.8 Å². The van der Waals surface area contributed by atoms with Crippen LogP contribution >= 0.6 is 0 Å². The van der Waals surface area contributed by atoms with E-state index in [1.807, 2.05) is 36.4 Å². The number of aromatic nitrogens is 1. The summed E-state index contributed by atoms with van der Waals surface area (Å²) in [5.74, 6) is 1.14. The smallest absolute Gasteiger partial charge is 0.243 e. The van der Waals surface area contributed by atoms with Crippen LogP contribution in [0.15, 0.2) is 42.6 Å². The molecule has 32 heavy (non-hydrogen) atoms. The highest BCUT2D eigenvalue weighted by Crippen LogP contribution is 2.16. The number of hydrogen-bond donors (Lipinski definition) is 2. The standard InChI is InChI=1S/C25H33N3O4/c1-3-5-13-31-20-10-7-18(8-11-20)15-22-24(29)28-23(25(30)27-22)16-19-9-12-21(17-26-19)32-14-6-4-2/h7-12,17,22-23H,3-6,13-16H2,1-2H3,(H,27,30)(H,28,29). The van der Waals surface area contributed by atoms with Crippen LogP contribution < -0.4 is 20.1 Å². The number of nitrogens with zero attached hydrogens (tertiary/aromatic N) is 1. The van der Waals surface area contributed by atoms with Crippen LogP contribution in [0.1, 0.15) is 50.8 Å². The van der Waals surface area contributed by atoms with Gasteiger partial charge in [-0.1, -0.05) is 38.8 Å². The Morgan fingerprint density at radius 3 is 1.91 bits per heavy atom. The molecule has 1 aliphatic heterocycles. The number of carbonyl (C=O) groups is 2. The lowest BCUT2D eigenvalue weighted by Crippen LogP contribution is -2.62. The van der Waals surface area contributed by atoms with E-state index in [9.17, 15) is 9.59 Å². The van der Waals surface area contributed by atoms with E-state index < -0.39 is 12.1 Å². The molecule has 7 heteroatoms. The summed E-state index contributed by atoms with van der Waals surface area (Å²) in [7, 11) is 0. The molecule has 3 rings (SSSR count). The number of pyridine rings is 1. The van der Waals surface area contributed by atoms with Crippen LogP contribution in [0.2, 0.25) is 0 Å². The maximum atomic E-state index is 12.6. The molecule has 0 bridgehead atoms. The van der Waals surface area contributed by atoms with Gasteiger partial charge in [-0.25, -0.2) is 0 Å². The first-order valence-corrected chi connectivity index (χ1v) is 11.5. The first-order valence-electron chi connectivity index (χ1n) is 11.5. The van der Waals surface area contributed by atoms with E-state index in [0.29, 0.717) is 31.8 Å². The Balaban J connectivity index is 1.49. The minimum absolute atomic E-state index is 0.183. The molecule has 172 valence electrons. The van der Waals surface area contributed by atoms with E-state index in [-0.39, 0.29) is 11.8 Å². The summed E-state index contributed by atoms with van der Waals surface area (Å²) in [5.41, 5.74) is 1.69. The molecule has 7 nitrogen and oxygen atoms in total. The van der Waals surface area contributed by atoms with Crippen molar-refractivity contribution in [2.75, 3.05) is 13.2 Å². The number of unbranched alkanes of at least 4 members (excludes halogenated alkanes) is 2. The molecule has 2 aromatic rings. The second-order valence-electron chi connectivity index (χ2n) is 8.06. The van der Waals surface area contributed by atoms with Crippen molar-refractivity contribution in [2.24, 2.45) is 0 Å².